The van der Waals surface area contributed by atoms with Crippen molar-refractivity contribution >= 4 is 5.97 Å². The molecule has 1 atom stereocenters. The van der Waals surface area contributed by atoms with Crippen LogP contribution in [-0.2, 0) is 4.79 Å². The average Bonchev–Trinajstić information content (AvgIpc) is 2.84. The molecule has 2 rings (SSSR count). The van der Waals surface area contributed by atoms with Crippen LogP contribution in [0.1, 0.15) is 24.7 Å². The van der Waals surface area contributed by atoms with Crippen LogP contribution in [0.2, 0.25) is 0 Å². The minimum Gasteiger partial charge on any atom is -0.481 e. The lowest BCUT2D eigenvalue weighted by Crippen LogP contribution is -2.45. The molecule has 1 aromatic heterocycles. The molecular formula is C11H18N4O2. The first-order valence-electron chi connectivity index (χ1n) is 5.93. The number of rotatable bonds is 5. The molecule has 0 spiro atoms. The van der Waals surface area contributed by atoms with Crippen LogP contribution in [0, 0.1) is 0 Å². The van der Waals surface area contributed by atoms with E-state index in [4.69, 9.17) is 5.11 Å². The Hall–Kier alpha value is -1.40. The number of aliphatic carboxylic acids is 1. The molecule has 17 heavy (non-hydrogen) atoms. The van der Waals surface area contributed by atoms with Gasteiger partial charge in [0.25, 0.3) is 0 Å². The van der Waals surface area contributed by atoms with Crippen LogP contribution in [0.15, 0.2) is 12.4 Å². The summed E-state index contributed by atoms with van der Waals surface area (Å²) in [6.45, 7) is 3.77. The predicted octanol–water partition coefficient (Wildman–Crippen LogP) is 0.221. The normalized spacial score (nSPS) is 19.1. The topological polar surface area (TPSA) is 81.2 Å². The standard InChI is InChI=1S/C11H18N4O2/c16-10(17)2-1-9(11-13-3-4-14-11)15-7-5-12-6-8-15/h3-4,9,12H,1-2,5-8H2,(H,13,14)(H,16,17). The second kappa shape index (κ2) is 5.79. The molecule has 6 nitrogen and oxygen atoms in total. The molecule has 1 unspecified atom stereocenters. The molecule has 0 bridgehead atoms. The number of aromatic amines is 1. The van der Waals surface area contributed by atoms with Crippen LogP contribution in [-0.4, -0.2) is 52.1 Å². The first-order chi connectivity index (χ1) is 8.27. The minimum atomic E-state index is -0.753. The Kier molecular flexibility index (Phi) is 4.11. The summed E-state index contributed by atoms with van der Waals surface area (Å²) >= 11 is 0. The van der Waals surface area contributed by atoms with Crippen molar-refractivity contribution in [2.45, 2.75) is 18.9 Å². The van der Waals surface area contributed by atoms with E-state index in [1.165, 1.54) is 0 Å². The highest BCUT2D eigenvalue weighted by atomic mass is 16.4. The lowest BCUT2D eigenvalue weighted by atomic mass is 10.1. The van der Waals surface area contributed by atoms with E-state index in [2.05, 4.69) is 20.2 Å². The highest BCUT2D eigenvalue weighted by molar-refractivity contribution is 5.66. The molecule has 0 radical (unpaired) electrons. The number of aromatic nitrogens is 2. The van der Waals surface area contributed by atoms with E-state index in [9.17, 15) is 4.79 Å². The van der Waals surface area contributed by atoms with Crippen LogP contribution in [0.5, 0.6) is 0 Å². The third-order valence-corrected chi connectivity index (χ3v) is 3.06. The van der Waals surface area contributed by atoms with Crippen LogP contribution < -0.4 is 5.32 Å². The van der Waals surface area contributed by atoms with Crippen LogP contribution in [0.25, 0.3) is 0 Å². The third kappa shape index (κ3) is 3.28. The molecule has 1 aliphatic rings. The van der Waals surface area contributed by atoms with Crippen molar-refractivity contribution in [2.75, 3.05) is 26.2 Å². The third-order valence-electron chi connectivity index (χ3n) is 3.06. The fourth-order valence-corrected chi connectivity index (χ4v) is 2.21. The van der Waals surface area contributed by atoms with Crippen molar-refractivity contribution in [3.05, 3.63) is 18.2 Å². The van der Waals surface area contributed by atoms with Gasteiger partial charge in [0.05, 0.1) is 6.04 Å². The zero-order valence-corrected chi connectivity index (χ0v) is 9.72. The summed E-state index contributed by atoms with van der Waals surface area (Å²) in [7, 11) is 0. The van der Waals surface area contributed by atoms with Crippen molar-refractivity contribution in [3.63, 3.8) is 0 Å². The lowest BCUT2D eigenvalue weighted by Gasteiger charge is -2.33. The van der Waals surface area contributed by atoms with Crippen LogP contribution in [0.3, 0.4) is 0 Å². The Labute approximate surface area is 100 Å². The highest BCUT2D eigenvalue weighted by Gasteiger charge is 2.24. The number of hydrogen-bond donors (Lipinski definition) is 3. The number of carboxylic acids is 1. The fourth-order valence-electron chi connectivity index (χ4n) is 2.21. The number of nitrogens with one attached hydrogen (secondary N) is 2. The number of carbonyl (C=O) groups is 1. The van der Waals surface area contributed by atoms with E-state index in [-0.39, 0.29) is 12.5 Å². The van der Waals surface area contributed by atoms with Crippen molar-refractivity contribution in [1.82, 2.24) is 20.2 Å². The maximum Gasteiger partial charge on any atom is 0.303 e. The van der Waals surface area contributed by atoms with Gasteiger partial charge in [-0.2, -0.15) is 0 Å². The molecule has 94 valence electrons. The molecule has 6 heteroatoms. The van der Waals surface area contributed by atoms with E-state index in [1.807, 2.05) is 0 Å². The van der Waals surface area contributed by atoms with Crippen LogP contribution in [0.4, 0.5) is 0 Å². The second-order valence-corrected chi connectivity index (χ2v) is 4.21. The summed E-state index contributed by atoms with van der Waals surface area (Å²) in [6, 6.07) is 0.0863. The zero-order valence-electron chi connectivity index (χ0n) is 9.72. The number of piperazine rings is 1. The van der Waals surface area contributed by atoms with Gasteiger partial charge in [-0.15, -0.1) is 0 Å². The summed E-state index contributed by atoms with van der Waals surface area (Å²) in [5.41, 5.74) is 0. The van der Waals surface area contributed by atoms with Gasteiger partial charge < -0.3 is 15.4 Å². The Morgan fingerprint density at radius 1 is 1.53 bits per heavy atom. The van der Waals surface area contributed by atoms with Gasteiger partial charge in [0.15, 0.2) is 0 Å². The molecule has 3 N–H and O–H groups in total. The summed E-state index contributed by atoms with van der Waals surface area (Å²) in [5.74, 6) is 0.116. The van der Waals surface area contributed by atoms with Gasteiger partial charge in [-0.1, -0.05) is 0 Å². The van der Waals surface area contributed by atoms with Crippen LogP contribution >= 0.6 is 0 Å². The number of carboxylic acid groups (broad SMARTS) is 1. The molecule has 1 saturated heterocycles. The molecule has 1 fully saturated rings. The van der Waals surface area contributed by atoms with Gasteiger partial charge >= 0.3 is 5.97 Å². The number of hydrogen-bond acceptors (Lipinski definition) is 4. The minimum absolute atomic E-state index is 0.0863. The number of imidazole rings is 1. The first-order valence-corrected chi connectivity index (χ1v) is 5.93. The van der Waals surface area contributed by atoms with Gasteiger partial charge in [-0.3, -0.25) is 9.69 Å². The maximum absolute atomic E-state index is 10.7. The van der Waals surface area contributed by atoms with E-state index in [1.54, 1.807) is 12.4 Å². The van der Waals surface area contributed by atoms with Crippen molar-refractivity contribution in [2.24, 2.45) is 0 Å². The van der Waals surface area contributed by atoms with Gasteiger partial charge in [0, 0.05) is 45.0 Å². The Balaban J connectivity index is 2.03. The largest absolute Gasteiger partial charge is 0.481 e. The maximum atomic E-state index is 10.7. The molecule has 1 aliphatic heterocycles. The van der Waals surface area contributed by atoms with Crippen molar-refractivity contribution < 1.29 is 9.90 Å². The number of nitrogens with zero attached hydrogens (tertiary/aromatic N) is 2. The van der Waals surface area contributed by atoms with Gasteiger partial charge in [0.1, 0.15) is 5.82 Å². The highest BCUT2D eigenvalue weighted by Crippen LogP contribution is 2.23. The summed E-state index contributed by atoms with van der Waals surface area (Å²) in [6.07, 6.45) is 4.27. The quantitative estimate of drug-likeness (QED) is 0.683. The van der Waals surface area contributed by atoms with Gasteiger partial charge in [-0.25, -0.2) is 4.98 Å². The summed E-state index contributed by atoms with van der Waals surface area (Å²) in [4.78, 5) is 20.3. The Morgan fingerprint density at radius 2 is 2.29 bits per heavy atom. The molecule has 0 aromatic carbocycles. The van der Waals surface area contributed by atoms with Crippen molar-refractivity contribution in [1.29, 1.82) is 0 Å². The Bertz CT molecular complexity index is 346. The summed E-state index contributed by atoms with van der Waals surface area (Å²) in [5, 5.41) is 12.1. The summed E-state index contributed by atoms with van der Waals surface area (Å²) < 4.78 is 0. The van der Waals surface area contributed by atoms with E-state index >= 15 is 0 Å². The van der Waals surface area contributed by atoms with Gasteiger partial charge in [0.2, 0.25) is 0 Å². The molecular weight excluding hydrogens is 220 g/mol. The monoisotopic (exact) mass is 238 g/mol. The number of H-pyrrole nitrogens is 1. The molecule has 0 aliphatic carbocycles. The SMILES string of the molecule is O=C(O)CCC(c1ncc[nH]1)N1CCNCC1. The molecule has 2 heterocycles. The van der Waals surface area contributed by atoms with E-state index in [0.29, 0.717) is 6.42 Å². The first kappa shape index (κ1) is 12.1. The second-order valence-electron chi connectivity index (χ2n) is 4.21. The Morgan fingerprint density at radius 3 is 2.88 bits per heavy atom. The fraction of sp³-hybridized carbons (Fsp3) is 0.636. The lowest BCUT2D eigenvalue weighted by molar-refractivity contribution is -0.137. The van der Waals surface area contributed by atoms with Crippen molar-refractivity contribution in [3.8, 4) is 0 Å². The molecule has 0 amide bonds. The molecule has 1 aromatic rings. The smallest absolute Gasteiger partial charge is 0.303 e. The zero-order chi connectivity index (χ0) is 12.1. The molecule has 0 saturated carbocycles. The van der Waals surface area contributed by atoms with Gasteiger partial charge in [-0.05, 0) is 6.42 Å². The average molecular weight is 238 g/mol. The van der Waals surface area contributed by atoms with E-state index < -0.39 is 5.97 Å². The predicted molar refractivity (Wildman–Crippen MR) is 62.6 cm³/mol. The van der Waals surface area contributed by atoms with E-state index in [0.717, 1.165) is 32.0 Å².